The van der Waals surface area contributed by atoms with Crippen molar-refractivity contribution in [2.45, 2.75) is 0 Å². The second kappa shape index (κ2) is 6.34. The number of nitrogen functional groups attached to an aromatic ring is 1. The van der Waals surface area contributed by atoms with Gasteiger partial charge in [0.2, 0.25) is 0 Å². The van der Waals surface area contributed by atoms with Gasteiger partial charge in [0, 0.05) is 5.56 Å². The van der Waals surface area contributed by atoms with Crippen molar-refractivity contribution >= 4 is 5.82 Å². The van der Waals surface area contributed by atoms with Gasteiger partial charge < -0.3 is 19.6 Å². The summed E-state index contributed by atoms with van der Waals surface area (Å²) in [5, 5.41) is 9.26. The molecule has 0 atom stereocenters. The molecule has 0 bridgehead atoms. The summed E-state index contributed by atoms with van der Waals surface area (Å²) >= 11 is 0. The lowest BCUT2D eigenvalue weighted by molar-refractivity contribution is 0.355. The first kappa shape index (κ1) is 15.4. The first-order valence-corrected chi connectivity index (χ1v) is 7.14. The summed E-state index contributed by atoms with van der Waals surface area (Å²) in [7, 11) is 3.14. The normalized spacial score (nSPS) is 10.2. The maximum absolute atomic E-state index is 9.26. The zero-order chi connectivity index (χ0) is 17.1. The van der Waals surface area contributed by atoms with Gasteiger partial charge in [0.25, 0.3) is 0 Å². The third-order valence-corrected chi connectivity index (χ3v) is 3.62. The van der Waals surface area contributed by atoms with E-state index in [9.17, 15) is 5.26 Å². The van der Waals surface area contributed by atoms with Crippen LogP contribution >= 0.6 is 0 Å². The maximum Gasteiger partial charge on any atom is 0.161 e. The largest absolute Gasteiger partial charge is 0.493 e. The Bertz CT molecular complexity index is 912. The number of hydrogen-bond donors (Lipinski definition) is 1. The number of hydrogen-bond acceptors (Lipinski definition) is 6. The van der Waals surface area contributed by atoms with Crippen LogP contribution in [-0.2, 0) is 0 Å². The fourth-order valence-corrected chi connectivity index (χ4v) is 2.44. The van der Waals surface area contributed by atoms with Gasteiger partial charge in [-0.15, -0.1) is 0 Å². The van der Waals surface area contributed by atoms with Crippen LogP contribution in [0.15, 0.2) is 47.1 Å². The number of aromatic nitrogens is 1. The highest BCUT2D eigenvalue weighted by Crippen LogP contribution is 2.37. The van der Waals surface area contributed by atoms with E-state index in [0.717, 1.165) is 11.1 Å². The summed E-state index contributed by atoms with van der Waals surface area (Å²) in [5.41, 5.74) is 8.25. The second-order valence-corrected chi connectivity index (χ2v) is 4.98. The molecule has 6 nitrogen and oxygen atoms in total. The lowest BCUT2D eigenvalue weighted by atomic mass is 10.00. The zero-order valence-corrected chi connectivity index (χ0v) is 13.2. The molecule has 0 unspecified atom stereocenters. The molecule has 0 aliphatic heterocycles. The van der Waals surface area contributed by atoms with Crippen molar-refractivity contribution in [3.63, 3.8) is 0 Å². The molecule has 3 rings (SSSR count). The molecule has 0 saturated heterocycles. The summed E-state index contributed by atoms with van der Waals surface area (Å²) in [6.45, 7) is 0. The molecule has 0 amide bonds. The number of furan rings is 1. The number of rotatable bonds is 4. The summed E-state index contributed by atoms with van der Waals surface area (Å²) in [5.74, 6) is 1.92. The van der Waals surface area contributed by atoms with Crippen LogP contribution in [0.1, 0.15) is 5.56 Å². The minimum Gasteiger partial charge on any atom is -0.493 e. The van der Waals surface area contributed by atoms with Crippen LogP contribution < -0.4 is 15.2 Å². The fraction of sp³-hybridized carbons (Fsp3) is 0.111. The Hall–Kier alpha value is -3.46. The standard InChI is InChI=1S/C18H15N3O3/c1-22-14-6-5-11(9-16(14)23-2)13-8-12(10-19)18(20)21-17(13)15-4-3-7-24-15/h3-9H,1-2H3,(H2,20,21). The number of pyridine rings is 1. The molecular weight excluding hydrogens is 306 g/mol. The first-order chi connectivity index (χ1) is 11.7. The summed E-state index contributed by atoms with van der Waals surface area (Å²) < 4.78 is 16.1. The highest BCUT2D eigenvalue weighted by Gasteiger charge is 2.17. The Labute approximate surface area is 139 Å². The number of nitrogens with two attached hydrogens (primary N) is 1. The van der Waals surface area contributed by atoms with Crippen LogP contribution in [0.2, 0.25) is 0 Å². The average molecular weight is 321 g/mol. The van der Waals surface area contributed by atoms with Gasteiger partial charge in [-0.3, -0.25) is 0 Å². The van der Waals surface area contributed by atoms with Crippen molar-refractivity contribution in [3.05, 3.63) is 48.2 Å². The molecule has 0 aliphatic rings. The molecule has 6 heteroatoms. The van der Waals surface area contributed by atoms with Crippen molar-refractivity contribution in [1.82, 2.24) is 4.98 Å². The van der Waals surface area contributed by atoms with Crippen molar-refractivity contribution in [2.75, 3.05) is 20.0 Å². The second-order valence-electron chi connectivity index (χ2n) is 4.98. The molecular formula is C18H15N3O3. The van der Waals surface area contributed by atoms with Crippen molar-refractivity contribution in [2.24, 2.45) is 0 Å². The van der Waals surface area contributed by atoms with Crippen LogP contribution in [-0.4, -0.2) is 19.2 Å². The quantitative estimate of drug-likeness (QED) is 0.790. The molecule has 0 aliphatic carbocycles. The van der Waals surface area contributed by atoms with E-state index in [2.05, 4.69) is 11.1 Å². The van der Waals surface area contributed by atoms with Crippen LogP contribution in [0.4, 0.5) is 5.82 Å². The summed E-state index contributed by atoms with van der Waals surface area (Å²) in [6, 6.07) is 12.8. The Kier molecular flexibility index (Phi) is 4.08. The van der Waals surface area contributed by atoms with Gasteiger partial charge in [-0.2, -0.15) is 5.26 Å². The summed E-state index contributed by atoms with van der Waals surface area (Å²) in [6.07, 6.45) is 1.56. The number of methoxy groups -OCH3 is 2. The molecule has 0 radical (unpaired) electrons. The topological polar surface area (TPSA) is 94.3 Å². The third kappa shape index (κ3) is 2.63. The van der Waals surface area contributed by atoms with Gasteiger partial charge in [0.1, 0.15) is 17.6 Å². The van der Waals surface area contributed by atoms with Gasteiger partial charge in [0.15, 0.2) is 17.3 Å². The predicted molar refractivity (Wildman–Crippen MR) is 89.6 cm³/mol. The van der Waals surface area contributed by atoms with Crippen molar-refractivity contribution < 1.29 is 13.9 Å². The van der Waals surface area contributed by atoms with E-state index in [4.69, 9.17) is 19.6 Å². The molecule has 2 N–H and O–H groups in total. The number of nitriles is 1. The van der Waals surface area contributed by atoms with Crippen LogP contribution in [0.3, 0.4) is 0 Å². The fourth-order valence-electron chi connectivity index (χ4n) is 2.44. The van der Waals surface area contributed by atoms with Crippen molar-refractivity contribution in [3.8, 4) is 40.1 Å². The van der Waals surface area contributed by atoms with E-state index in [1.807, 2.05) is 12.1 Å². The highest BCUT2D eigenvalue weighted by molar-refractivity contribution is 5.82. The Morgan fingerprint density at radius 1 is 1.12 bits per heavy atom. The molecule has 0 spiro atoms. The SMILES string of the molecule is COc1ccc(-c2cc(C#N)c(N)nc2-c2ccco2)cc1OC. The van der Waals surface area contributed by atoms with Crippen LogP contribution in [0, 0.1) is 11.3 Å². The minimum atomic E-state index is 0.160. The van der Waals surface area contributed by atoms with E-state index in [1.165, 1.54) is 0 Å². The van der Waals surface area contributed by atoms with Crippen LogP contribution in [0.25, 0.3) is 22.6 Å². The van der Waals surface area contributed by atoms with Gasteiger partial charge in [0.05, 0.1) is 26.0 Å². The Balaban J connectivity index is 2.25. The average Bonchev–Trinajstić information content (AvgIpc) is 3.15. The molecule has 0 fully saturated rings. The van der Waals surface area contributed by atoms with Gasteiger partial charge in [-0.25, -0.2) is 4.98 Å². The van der Waals surface area contributed by atoms with Gasteiger partial charge in [-0.05, 0) is 35.9 Å². The van der Waals surface area contributed by atoms with Gasteiger partial charge in [-0.1, -0.05) is 6.07 Å². The lowest BCUT2D eigenvalue weighted by Gasteiger charge is -2.12. The first-order valence-electron chi connectivity index (χ1n) is 7.14. The van der Waals surface area contributed by atoms with E-state index in [0.29, 0.717) is 28.5 Å². The monoisotopic (exact) mass is 321 g/mol. The summed E-state index contributed by atoms with van der Waals surface area (Å²) in [4.78, 5) is 4.35. The molecule has 120 valence electrons. The van der Waals surface area contributed by atoms with Crippen molar-refractivity contribution in [1.29, 1.82) is 5.26 Å². The van der Waals surface area contributed by atoms with E-state index >= 15 is 0 Å². The third-order valence-electron chi connectivity index (χ3n) is 3.62. The van der Waals surface area contributed by atoms with Crippen LogP contribution in [0.5, 0.6) is 11.5 Å². The Morgan fingerprint density at radius 2 is 1.92 bits per heavy atom. The molecule has 24 heavy (non-hydrogen) atoms. The molecule has 2 aromatic heterocycles. The van der Waals surface area contributed by atoms with E-state index in [1.54, 1.807) is 44.7 Å². The molecule has 2 heterocycles. The molecule has 1 aromatic carbocycles. The minimum absolute atomic E-state index is 0.160. The van der Waals surface area contributed by atoms with Gasteiger partial charge >= 0.3 is 0 Å². The lowest BCUT2D eigenvalue weighted by Crippen LogP contribution is -1.99. The highest BCUT2D eigenvalue weighted by atomic mass is 16.5. The molecule has 3 aromatic rings. The number of anilines is 1. The van der Waals surface area contributed by atoms with E-state index < -0.39 is 0 Å². The number of ether oxygens (including phenoxy) is 2. The zero-order valence-electron chi connectivity index (χ0n) is 13.2. The number of nitrogens with zero attached hydrogens (tertiary/aromatic N) is 2. The molecule has 0 saturated carbocycles. The maximum atomic E-state index is 9.26. The number of benzene rings is 1. The Morgan fingerprint density at radius 3 is 2.54 bits per heavy atom. The smallest absolute Gasteiger partial charge is 0.161 e. The predicted octanol–water partition coefficient (Wildman–Crippen LogP) is 3.48. The van der Waals surface area contributed by atoms with E-state index in [-0.39, 0.29) is 5.82 Å².